The Hall–Kier alpha value is -2.04. The Morgan fingerprint density at radius 1 is 1.45 bits per heavy atom. The van der Waals surface area contributed by atoms with Crippen molar-refractivity contribution in [2.75, 3.05) is 13.2 Å². The number of benzene rings is 1. The van der Waals surface area contributed by atoms with Crippen molar-refractivity contribution in [2.24, 2.45) is 11.1 Å². The monoisotopic (exact) mass is 278 g/mol. The highest BCUT2D eigenvalue weighted by molar-refractivity contribution is 6.01. The van der Waals surface area contributed by atoms with Crippen molar-refractivity contribution in [1.82, 2.24) is 5.32 Å². The number of hydrogen-bond acceptors (Lipinski definition) is 4. The molecule has 110 valence electrons. The van der Waals surface area contributed by atoms with Crippen LogP contribution < -0.4 is 10.1 Å². The predicted octanol–water partition coefficient (Wildman–Crippen LogP) is 2.34. The molecule has 1 amide bonds. The second-order valence-corrected chi connectivity index (χ2v) is 5.17. The third-order valence-corrected chi connectivity index (χ3v) is 2.74. The van der Waals surface area contributed by atoms with Crippen molar-refractivity contribution >= 4 is 11.6 Å². The molecule has 5 nitrogen and oxygen atoms in total. The third kappa shape index (κ3) is 4.91. The van der Waals surface area contributed by atoms with Crippen LogP contribution in [0, 0.1) is 12.8 Å². The van der Waals surface area contributed by atoms with Gasteiger partial charge in [-0.3, -0.25) is 4.79 Å². The van der Waals surface area contributed by atoms with Crippen LogP contribution in [-0.2, 0) is 4.79 Å². The molecule has 1 rings (SSSR count). The van der Waals surface area contributed by atoms with Crippen molar-refractivity contribution in [2.45, 2.75) is 27.7 Å². The molecule has 0 aliphatic rings. The quantitative estimate of drug-likeness (QED) is 0.476. The smallest absolute Gasteiger partial charge is 0.257 e. The van der Waals surface area contributed by atoms with Crippen LogP contribution in [0.2, 0.25) is 0 Å². The van der Waals surface area contributed by atoms with Crippen molar-refractivity contribution < 1.29 is 14.7 Å². The highest BCUT2D eigenvalue weighted by atomic mass is 16.5. The summed E-state index contributed by atoms with van der Waals surface area (Å²) in [4.78, 5) is 11.6. The van der Waals surface area contributed by atoms with Crippen LogP contribution in [0.25, 0.3) is 0 Å². The van der Waals surface area contributed by atoms with Gasteiger partial charge in [-0.05, 0) is 31.9 Å². The molecular formula is C15H22N2O3. The van der Waals surface area contributed by atoms with Gasteiger partial charge in [0.1, 0.15) is 5.75 Å². The molecule has 0 saturated carbocycles. The van der Waals surface area contributed by atoms with E-state index in [0.29, 0.717) is 29.5 Å². The van der Waals surface area contributed by atoms with Gasteiger partial charge in [0, 0.05) is 12.1 Å². The summed E-state index contributed by atoms with van der Waals surface area (Å²) in [5.74, 6) is 0.770. The van der Waals surface area contributed by atoms with Gasteiger partial charge in [-0.25, -0.2) is 0 Å². The Balaban J connectivity index is 2.70. The molecule has 0 fully saturated rings. The van der Waals surface area contributed by atoms with E-state index in [1.807, 2.05) is 32.9 Å². The molecule has 1 aromatic carbocycles. The van der Waals surface area contributed by atoms with Crippen LogP contribution in [0.3, 0.4) is 0 Å². The molecule has 0 heterocycles. The number of hydrogen-bond donors (Lipinski definition) is 2. The standard InChI is InChI=1S/C15H22N2O3/c1-10(2)8-16-15(18)9-20-14-6-5-11(3)7-13(14)12(4)17-19/h5-7,10,19H,8-9H2,1-4H3,(H,16,18)/b17-12+. The molecule has 20 heavy (non-hydrogen) atoms. The zero-order valence-electron chi connectivity index (χ0n) is 12.4. The molecule has 1 aromatic rings. The molecule has 0 atom stereocenters. The summed E-state index contributed by atoms with van der Waals surface area (Å²) in [6.07, 6.45) is 0. The van der Waals surface area contributed by atoms with Crippen LogP contribution in [-0.4, -0.2) is 30.0 Å². The highest BCUT2D eigenvalue weighted by Crippen LogP contribution is 2.20. The fourth-order valence-corrected chi connectivity index (χ4v) is 1.62. The van der Waals surface area contributed by atoms with E-state index in [2.05, 4.69) is 10.5 Å². The van der Waals surface area contributed by atoms with Crippen molar-refractivity contribution in [3.8, 4) is 5.75 Å². The van der Waals surface area contributed by atoms with Crippen molar-refractivity contribution in [3.63, 3.8) is 0 Å². The first-order valence-corrected chi connectivity index (χ1v) is 6.63. The maximum absolute atomic E-state index is 11.6. The van der Waals surface area contributed by atoms with E-state index in [9.17, 15) is 4.79 Å². The van der Waals surface area contributed by atoms with E-state index in [1.54, 1.807) is 13.0 Å². The fraction of sp³-hybridized carbons (Fsp3) is 0.467. The van der Waals surface area contributed by atoms with Crippen LogP contribution in [0.4, 0.5) is 0 Å². The van der Waals surface area contributed by atoms with E-state index in [1.165, 1.54) is 0 Å². The van der Waals surface area contributed by atoms with Crippen LogP contribution in [0.5, 0.6) is 5.75 Å². The number of rotatable bonds is 6. The minimum atomic E-state index is -0.163. The van der Waals surface area contributed by atoms with Crippen LogP contribution in [0.15, 0.2) is 23.4 Å². The molecule has 0 radical (unpaired) electrons. The minimum Gasteiger partial charge on any atom is -0.483 e. The van der Waals surface area contributed by atoms with E-state index in [4.69, 9.17) is 9.94 Å². The minimum absolute atomic E-state index is 0.0541. The topological polar surface area (TPSA) is 70.9 Å². The van der Waals surface area contributed by atoms with Gasteiger partial charge in [0.05, 0.1) is 5.71 Å². The average Bonchev–Trinajstić information content (AvgIpc) is 2.42. The lowest BCUT2D eigenvalue weighted by molar-refractivity contribution is -0.123. The lowest BCUT2D eigenvalue weighted by atomic mass is 10.1. The lowest BCUT2D eigenvalue weighted by Gasteiger charge is -2.12. The van der Waals surface area contributed by atoms with E-state index >= 15 is 0 Å². The van der Waals surface area contributed by atoms with Gasteiger partial charge in [0.2, 0.25) is 0 Å². The van der Waals surface area contributed by atoms with Gasteiger partial charge in [0.15, 0.2) is 6.61 Å². The summed E-state index contributed by atoms with van der Waals surface area (Å²) in [5.41, 5.74) is 2.16. The van der Waals surface area contributed by atoms with Gasteiger partial charge in [0.25, 0.3) is 5.91 Å². The normalized spacial score (nSPS) is 11.6. The van der Waals surface area contributed by atoms with Crippen LogP contribution in [0.1, 0.15) is 31.9 Å². The summed E-state index contributed by atoms with van der Waals surface area (Å²) in [7, 11) is 0. The number of amides is 1. The Kier molecular flexibility index (Phi) is 6.03. The van der Waals surface area contributed by atoms with E-state index < -0.39 is 0 Å². The molecule has 2 N–H and O–H groups in total. The molecule has 0 aliphatic carbocycles. The second-order valence-electron chi connectivity index (χ2n) is 5.17. The molecule has 0 unspecified atom stereocenters. The molecule has 0 aliphatic heterocycles. The summed E-state index contributed by atoms with van der Waals surface area (Å²) in [5, 5.41) is 14.8. The maximum atomic E-state index is 11.6. The van der Waals surface area contributed by atoms with Gasteiger partial charge >= 0.3 is 0 Å². The molecule has 0 bridgehead atoms. The Labute approximate surface area is 119 Å². The Morgan fingerprint density at radius 3 is 2.75 bits per heavy atom. The maximum Gasteiger partial charge on any atom is 0.257 e. The molecular weight excluding hydrogens is 256 g/mol. The number of aryl methyl sites for hydroxylation is 1. The van der Waals surface area contributed by atoms with E-state index in [-0.39, 0.29) is 12.5 Å². The Bertz CT molecular complexity index is 496. The zero-order valence-corrected chi connectivity index (χ0v) is 12.4. The van der Waals surface area contributed by atoms with Crippen LogP contribution >= 0.6 is 0 Å². The van der Waals surface area contributed by atoms with Gasteiger partial charge < -0.3 is 15.3 Å². The SMILES string of the molecule is C/C(=N\O)c1cc(C)ccc1OCC(=O)NCC(C)C. The summed E-state index contributed by atoms with van der Waals surface area (Å²) in [6.45, 7) is 8.25. The number of carbonyl (C=O) groups excluding carboxylic acids is 1. The first kappa shape index (κ1) is 16.0. The summed E-state index contributed by atoms with van der Waals surface area (Å²) >= 11 is 0. The molecule has 0 aromatic heterocycles. The summed E-state index contributed by atoms with van der Waals surface area (Å²) < 4.78 is 5.51. The number of carbonyl (C=O) groups is 1. The Morgan fingerprint density at radius 2 is 2.15 bits per heavy atom. The zero-order chi connectivity index (χ0) is 15.1. The molecule has 0 saturated heterocycles. The first-order valence-electron chi connectivity index (χ1n) is 6.63. The lowest BCUT2D eigenvalue weighted by Crippen LogP contribution is -2.31. The average molecular weight is 278 g/mol. The number of nitrogens with one attached hydrogen (secondary N) is 1. The first-order chi connectivity index (χ1) is 9.43. The second kappa shape index (κ2) is 7.53. The van der Waals surface area contributed by atoms with Gasteiger partial charge in [-0.2, -0.15) is 0 Å². The number of oxime groups is 1. The number of ether oxygens (including phenoxy) is 1. The third-order valence-electron chi connectivity index (χ3n) is 2.74. The summed E-state index contributed by atoms with van der Waals surface area (Å²) in [6, 6.07) is 5.51. The molecule has 0 spiro atoms. The predicted molar refractivity (Wildman–Crippen MR) is 78.5 cm³/mol. The van der Waals surface area contributed by atoms with Gasteiger partial charge in [-0.15, -0.1) is 0 Å². The highest BCUT2D eigenvalue weighted by Gasteiger charge is 2.10. The van der Waals surface area contributed by atoms with E-state index in [0.717, 1.165) is 5.56 Å². The molecule has 5 heteroatoms. The van der Waals surface area contributed by atoms with Gasteiger partial charge in [-0.1, -0.05) is 30.6 Å². The van der Waals surface area contributed by atoms with Crippen molar-refractivity contribution in [1.29, 1.82) is 0 Å². The fourth-order valence-electron chi connectivity index (χ4n) is 1.62. The largest absolute Gasteiger partial charge is 0.483 e. The number of nitrogens with zero attached hydrogens (tertiary/aromatic N) is 1. The van der Waals surface area contributed by atoms with Crippen molar-refractivity contribution in [3.05, 3.63) is 29.3 Å².